The number of rotatable bonds is 6. The highest BCUT2D eigenvalue weighted by molar-refractivity contribution is 5.98. The number of esters is 1. The van der Waals surface area contributed by atoms with Crippen molar-refractivity contribution in [2.75, 3.05) is 19.8 Å². The van der Waals surface area contributed by atoms with Gasteiger partial charge in [-0.05, 0) is 39.5 Å². The largest absolute Gasteiger partial charge is 0.466 e. The van der Waals surface area contributed by atoms with Crippen LogP contribution in [-0.4, -0.2) is 70.8 Å². The number of carbonyl (C=O) groups is 3. The van der Waals surface area contributed by atoms with E-state index in [0.29, 0.717) is 12.8 Å². The molecule has 2 amide bonds. The predicted octanol–water partition coefficient (Wildman–Crippen LogP) is 0.755. The van der Waals surface area contributed by atoms with Crippen LogP contribution in [0, 0.1) is 11.8 Å². The average molecular weight is 408 g/mol. The fraction of sp³-hybridized carbons (Fsp3) is 0.857. The number of likely N-dealkylation sites (tertiary alicyclic amines) is 1. The zero-order chi connectivity index (χ0) is 20.8. The van der Waals surface area contributed by atoms with Crippen LogP contribution in [0.1, 0.15) is 58.8 Å². The molecule has 1 saturated carbocycles. The molecule has 162 valence electrons. The van der Waals surface area contributed by atoms with E-state index in [0.717, 1.165) is 25.7 Å². The summed E-state index contributed by atoms with van der Waals surface area (Å²) in [6.45, 7) is 3.62. The molecule has 1 spiro atoms. The lowest BCUT2D eigenvalue weighted by Crippen LogP contribution is -2.57. The van der Waals surface area contributed by atoms with E-state index in [2.05, 4.69) is 5.32 Å². The maximum atomic E-state index is 13.4. The number of ether oxygens (including phenoxy) is 2. The fourth-order valence-corrected chi connectivity index (χ4v) is 6.19. The summed E-state index contributed by atoms with van der Waals surface area (Å²) in [6, 6.07) is -0.719. The van der Waals surface area contributed by atoms with Crippen molar-refractivity contribution in [3.63, 3.8) is 0 Å². The number of nitrogens with one attached hydrogen (secondary N) is 1. The van der Waals surface area contributed by atoms with Gasteiger partial charge in [-0.3, -0.25) is 14.4 Å². The molecule has 3 aliphatic heterocycles. The van der Waals surface area contributed by atoms with Crippen LogP contribution in [0.2, 0.25) is 0 Å². The molecular formula is C21H32N2O6. The Morgan fingerprint density at radius 3 is 2.66 bits per heavy atom. The standard InChI is InChI=1S/C21H32N2O6/c1-3-28-19(27)15-14-18(26)23(11-12-24)16(21(14)10-9-20(15,2)29-21)17(25)22-13-7-5-4-6-8-13/h13-16,24H,3-12H2,1-2H3,(H,22,25)/t14-,15+,16?,20-,21?/m0/s1. The molecule has 5 atom stereocenters. The van der Waals surface area contributed by atoms with Crippen molar-refractivity contribution >= 4 is 17.8 Å². The summed E-state index contributed by atoms with van der Waals surface area (Å²) >= 11 is 0. The van der Waals surface area contributed by atoms with Gasteiger partial charge in [0.2, 0.25) is 11.8 Å². The average Bonchev–Trinajstić information content (AvgIpc) is 3.24. The molecule has 0 radical (unpaired) electrons. The smallest absolute Gasteiger partial charge is 0.312 e. The summed E-state index contributed by atoms with van der Waals surface area (Å²) in [6.07, 6.45) is 6.37. The van der Waals surface area contributed by atoms with Crippen molar-refractivity contribution < 1.29 is 29.0 Å². The van der Waals surface area contributed by atoms with Gasteiger partial charge < -0.3 is 24.8 Å². The monoisotopic (exact) mass is 408 g/mol. The van der Waals surface area contributed by atoms with Crippen LogP contribution in [0.5, 0.6) is 0 Å². The molecular weight excluding hydrogens is 376 g/mol. The molecule has 4 rings (SSSR count). The highest BCUT2D eigenvalue weighted by Gasteiger charge is 2.78. The number of carbonyl (C=O) groups excluding carboxylic acids is 3. The number of β-amino-alcohol motifs (C(OH)–C–C–N with tert-alkyl or cyclic N) is 1. The van der Waals surface area contributed by atoms with Crippen LogP contribution in [0.15, 0.2) is 0 Å². The second kappa shape index (κ2) is 7.54. The number of nitrogens with zero attached hydrogens (tertiary/aromatic N) is 1. The number of aliphatic hydroxyl groups excluding tert-OH is 1. The van der Waals surface area contributed by atoms with E-state index < -0.39 is 35.0 Å². The first-order chi connectivity index (χ1) is 13.9. The minimum Gasteiger partial charge on any atom is -0.466 e. The zero-order valence-corrected chi connectivity index (χ0v) is 17.3. The van der Waals surface area contributed by atoms with Crippen molar-refractivity contribution in [1.82, 2.24) is 10.2 Å². The number of hydrogen-bond acceptors (Lipinski definition) is 6. The van der Waals surface area contributed by atoms with Gasteiger partial charge in [0, 0.05) is 12.6 Å². The van der Waals surface area contributed by atoms with E-state index in [1.54, 1.807) is 6.92 Å². The van der Waals surface area contributed by atoms with Gasteiger partial charge in [-0.2, -0.15) is 0 Å². The molecule has 1 aliphatic carbocycles. The Kier molecular flexibility index (Phi) is 5.36. The first kappa shape index (κ1) is 20.6. The Morgan fingerprint density at radius 1 is 1.28 bits per heavy atom. The Labute approximate surface area is 171 Å². The minimum atomic E-state index is -1.03. The van der Waals surface area contributed by atoms with Crippen molar-refractivity contribution in [3.8, 4) is 0 Å². The second-order valence-corrected chi connectivity index (χ2v) is 9.08. The van der Waals surface area contributed by atoms with E-state index in [1.807, 2.05) is 6.92 Å². The van der Waals surface area contributed by atoms with Crippen LogP contribution in [0.3, 0.4) is 0 Å². The highest BCUT2D eigenvalue weighted by atomic mass is 16.6. The van der Waals surface area contributed by atoms with Gasteiger partial charge in [0.25, 0.3) is 0 Å². The fourth-order valence-electron chi connectivity index (χ4n) is 6.19. The SMILES string of the molecule is CCOC(=O)[C@H]1[C@H]2C(=O)N(CCO)C(C(=O)NC3CCCCC3)C23CC[C@]1(C)O3. The lowest BCUT2D eigenvalue weighted by molar-refractivity contribution is -0.159. The molecule has 3 saturated heterocycles. The van der Waals surface area contributed by atoms with Crippen molar-refractivity contribution in [2.24, 2.45) is 11.8 Å². The van der Waals surface area contributed by atoms with E-state index in [-0.39, 0.29) is 37.6 Å². The number of hydrogen-bond donors (Lipinski definition) is 2. The van der Waals surface area contributed by atoms with Crippen LogP contribution >= 0.6 is 0 Å². The molecule has 3 heterocycles. The summed E-state index contributed by atoms with van der Waals surface area (Å²) in [5.41, 5.74) is -1.83. The van der Waals surface area contributed by atoms with Gasteiger partial charge in [-0.1, -0.05) is 19.3 Å². The topological polar surface area (TPSA) is 105 Å². The maximum absolute atomic E-state index is 13.4. The van der Waals surface area contributed by atoms with Gasteiger partial charge in [-0.15, -0.1) is 0 Å². The molecule has 8 heteroatoms. The maximum Gasteiger partial charge on any atom is 0.312 e. The first-order valence-corrected chi connectivity index (χ1v) is 11.0. The number of fused-ring (bicyclic) bond motifs is 1. The molecule has 2 bridgehead atoms. The highest BCUT2D eigenvalue weighted by Crippen LogP contribution is 2.63. The van der Waals surface area contributed by atoms with Crippen LogP contribution in [-0.2, 0) is 23.9 Å². The van der Waals surface area contributed by atoms with Gasteiger partial charge in [-0.25, -0.2) is 0 Å². The van der Waals surface area contributed by atoms with Gasteiger partial charge in [0.1, 0.15) is 17.6 Å². The Morgan fingerprint density at radius 2 is 2.00 bits per heavy atom. The summed E-state index contributed by atoms with van der Waals surface area (Å²) < 4.78 is 11.7. The molecule has 4 aliphatic rings. The molecule has 2 unspecified atom stereocenters. The number of amides is 2. The van der Waals surface area contributed by atoms with E-state index in [1.165, 1.54) is 11.3 Å². The Balaban J connectivity index is 1.66. The quantitative estimate of drug-likeness (QED) is 0.629. The third-order valence-electron chi connectivity index (χ3n) is 7.36. The van der Waals surface area contributed by atoms with Crippen molar-refractivity contribution in [3.05, 3.63) is 0 Å². The molecule has 2 N–H and O–H groups in total. The number of aliphatic hydroxyl groups is 1. The van der Waals surface area contributed by atoms with Crippen LogP contribution in [0.4, 0.5) is 0 Å². The van der Waals surface area contributed by atoms with Crippen LogP contribution in [0.25, 0.3) is 0 Å². The first-order valence-electron chi connectivity index (χ1n) is 11.0. The summed E-state index contributed by atoms with van der Waals surface area (Å²) in [7, 11) is 0. The van der Waals surface area contributed by atoms with Crippen molar-refractivity contribution in [1.29, 1.82) is 0 Å². The summed E-state index contributed by atoms with van der Waals surface area (Å²) in [5, 5.41) is 12.7. The lowest BCUT2D eigenvalue weighted by atomic mass is 9.66. The molecule has 0 aromatic rings. The zero-order valence-electron chi connectivity index (χ0n) is 17.3. The van der Waals surface area contributed by atoms with E-state index in [4.69, 9.17) is 9.47 Å². The van der Waals surface area contributed by atoms with Gasteiger partial charge >= 0.3 is 5.97 Å². The molecule has 8 nitrogen and oxygen atoms in total. The minimum absolute atomic E-state index is 0.0510. The predicted molar refractivity (Wildman–Crippen MR) is 103 cm³/mol. The van der Waals surface area contributed by atoms with Gasteiger partial charge in [0.15, 0.2) is 0 Å². The third kappa shape index (κ3) is 3.06. The Bertz CT molecular complexity index is 693. The van der Waals surface area contributed by atoms with Gasteiger partial charge in [0.05, 0.1) is 24.7 Å². The molecule has 29 heavy (non-hydrogen) atoms. The third-order valence-corrected chi connectivity index (χ3v) is 7.36. The Hall–Kier alpha value is -1.67. The van der Waals surface area contributed by atoms with E-state index >= 15 is 0 Å². The molecule has 0 aromatic carbocycles. The van der Waals surface area contributed by atoms with Crippen molar-refractivity contribution in [2.45, 2.75) is 82.1 Å². The summed E-state index contributed by atoms with van der Waals surface area (Å²) in [4.78, 5) is 41.0. The second-order valence-electron chi connectivity index (χ2n) is 9.08. The van der Waals surface area contributed by atoms with E-state index in [9.17, 15) is 19.5 Å². The molecule has 4 fully saturated rings. The summed E-state index contributed by atoms with van der Waals surface area (Å²) in [5.74, 6) is -2.42. The normalized spacial score (nSPS) is 38.9. The molecule has 0 aromatic heterocycles. The van der Waals surface area contributed by atoms with Crippen LogP contribution < -0.4 is 5.32 Å². The lowest BCUT2D eigenvalue weighted by Gasteiger charge is -2.35.